The lowest BCUT2D eigenvalue weighted by Gasteiger charge is -2.14. The molecule has 0 amide bonds. The molecule has 0 unspecified atom stereocenters. The van der Waals surface area contributed by atoms with Crippen molar-refractivity contribution >= 4 is 21.4 Å². The summed E-state index contributed by atoms with van der Waals surface area (Å²) in [6.45, 7) is 1.34. The molecule has 0 bridgehead atoms. The van der Waals surface area contributed by atoms with E-state index in [-0.39, 0.29) is 0 Å². The van der Waals surface area contributed by atoms with Crippen LogP contribution in [0.2, 0.25) is 0 Å². The Morgan fingerprint density at radius 1 is 0.967 bits per heavy atom. The van der Waals surface area contributed by atoms with E-state index in [9.17, 15) is 0 Å². The second kappa shape index (κ2) is 8.73. The van der Waals surface area contributed by atoms with Crippen LogP contribution in [-0.2, 0) is 13.1 Å². The Morgan fingerprint density at radius 3 is 2.50 bits per heavy atom. The summed E-state index contributed by atoms with van der Waals surface area (Å²) in [5, 5.41) is 5.40. The number of fused-ring (bicyclic) bond motifs is 1. The summed E-state index contributed by atoms with van der Waals surface area (Å²) >= 11 is 1.80. The zero-order chi connectivity index (χ0) is 21.1. The normalized spacial score (nSPS) is 11.2. The lowest BCUT2D eigenvalue weighted by molar-refractivity contribution is 0.262. The van der Waals surface area contributed by atoms with E-state index in [1.807, 2.05) is 13.1 Å². The van der Waals surface area contributed by atoms with E-state index in [4.69, 9.17) is 18.7 Å². The first kappa shape index (κ1) is 20.2. The molecule has 156 valence electrons. The monoisotopic (exact) mass is 425 g/mol. The molecule has 4 aromatic rings. The van der Waals surface area contributed by atoms with Gasteiger partial charge in [-0.2, -0.15) is 4.98 Å². The summed E-state index contributed by atoms with van der Waals surface area (Å²) in [6, 6.07) is 14.3. The van der Waals surface area contributed by atoms with E-state index in [0.717, 1.165) is 6.54 Å². The topological polar surface area (TPSA) is 69.9 Å². The fraction of sp³-hybridized carbons (Fsp3) is 0.273. The van der Waals surface area contributed by atoms with Crippen LogP contribution in [0.25, 0.3) is 21.5 Å². The van der Waals surface area contributed by atoms with Crippen LogP contribution in [0.4, 0.5) is 0 Å². The van der Waals surface area contributed by atoms with Crippen molar-refractivity contribution in [1.29, 1.82) is 0 Å². The number of hydrogen-bond acceptors (Lipinski definition) is 8. The maximum Gasteiger partial charge on any atom is 0.241 e. The van der Waals surface area contributed by atoms with Gasteiger partial charge in [0.05, 0.1) is 33.4 Å². The Labute approximate surface area is 178 Å². The maximum atomic E-state index is 5.53. The number of benzene rings is 2. The number of hydrogen-bond donors (Lipinski definition) is 0. The summed E-state index contributed by atoms with van der Waals surface area (Å²) in [5.74, 6) is 2.54. The molecule has 0 saturated carbocycles. The molecular formula is C22H23N3O4S. The summed E-state index contributed by atoms with van der Waals surface area (Å²) in [5.41, 5.74) is 0.678. The first-order valence-corrected chi connectivity index (χ1v) is 10.2. The van der Waals surface area contributed by atoms with E-state index in [0.29, 0.717) is 41.1 Å². The largest absolute Gasteiger partial charge is 0.493 e. The summed E-state index contributed by atoms with van der Waals surface area (Å²) in [4.78, 5) is 7.99. The van der Waals surface area contributed by atoms with Gasteiger partial charge in [0, 0.05) is 16.1 Å². The number of methoxy groups -OCH3 is 3. The average Bonchev–Trinajstić information content (AvgIpc) is 3.38. The minimum Gasteiger partial charge on any atom is -0.493 e. The van der Waals surface area contributed by atoms with Gasteiger partial charge in [-0.15, -0.1) is 11.3 Å². The van der Waals surface area contributed by atoms with Crippen LogP contribution in [0.5, 0.6) is 17.2 Å². The lowest BCUT2D eigenvalue weighted by Crippen LogP contribution is -2.16. The van der Waals surface area contributed by atoms with E-state index in [1.54, 1.807) is 38.7 Å². The molecule has 0 aliphatic carbocycles. The molecule has 0 N–H and O–H groups in total. The number of aromatic nitrogens is 2. The van der Waals surface area contributed by atoms with Crippen LogP contribution in [-0.4, -0.2) is 43.4 Å². The van der Waals surface area contributed by atoms with E-state index in [2.05, 4.69) is 45.4 Å². The predicted octanol–water partition coefficient (Wildman–Crippen LogP) is 4.61. The zero-order valence-electron chi connectivity index (χ0n) is 17.3. The highest BCUT2D eigenvalue weighted by Gasteiger charge is 2.21. The number of nitrogens with zero attached hydrogens (tertiary/aromatic N) is 3. The fourth-order valence-electron chi connectivity index (χ4n) is 3.37. The van der Waals surface area contributed by atoms with Crippen molar-refractivity contribution in [1.82, 2.24) is 15.0 Å². The third-order valence-corrected chi connectivity index (χ3v) is 5.82. The lowest BCUT2D eigenvalue weighted by atomic mass is 10.1. The van der Waals surface area contributed by atoms with Crippen molar-refractivity contribution in [2.24, 2.45) is 0 Å². The first-order chi connectivity index (χ1) is 14.6. The van der Waals surface area contributed by atoms with Crippen LogP contribution >= 0.6 is 11.3 Å². The van der Waals surface area contributed by atoms with Crippen LogP contribution in [0, 0.1) is 0 Å². The highest BCUT2D eigenvalue weighted by Crippen LogP contribution is 2.43. The molecule has 0 aliphatic rings. The van der Waals surface area contributed by atoms with Gasteiger partial charge >= 0.3 is 0 Å². The standard InChI is InChI=1S/C22H23N3O4S/c1-25(12-15-11-14-7-5-6-8-18(14)30-15)13-19-23-22(24-29-19)16-9-10-17(26-2)21(28-4)20(16)27-3/h5-11H,12-13H2,1-4H3. The van der Waals surface area contributed by atoms with Gasteiger partial charge in [-0.25, -0.2) is 0 Å². The van der Waals surface area contributed by atoms with Crippen LogP contribution in [0.15, 0.2) is 47.0 Å². The SMILES string of the molecule is COc1ccc(-c2noc(CN(C)Cc3cc4ccccc4s3)n2)c(OC)c1OC. The van der Waals surface area contributed by atoms with Crippen molar-refractivity contribution in [3.05, 3.63) is 53.2 Å². The van der Waals surface area contributed by atoms with Gasteiger partial charge in [0.1, 0.15) is 0 Å². The van der Waals surface area contributed by atoms with Crippen LogP contribution < -0.4 is 14.2 Å². The van der Waals surface area contributed by atoms with Gasteiger partial charge in [-0.3, -0.25) is 4.90 Å². The van der Waals surface area contributed by atoms with Crippen molar-refractivity contribution in [3.8, 4) is 28.6 Å². The molecule has 0 atom stereocenters. The molecule has 2 heterocycles. The molecule has 30 heavy (non-hydrogen) atoms. The molecule has 4 rings (SSSR count). The van der Waals surface area contributed by atoms with E-state index >= 15 is 0 Å². The Bertz CT molecular complexity index is 1120. The van der Waals surface area contributed by atoms with Crippen LogP contribution in [0.3, 0.4) is 0 Å². The molecule has 7 nitrogen and oxygen atoms in total. The minimum atomic E-state index is 0.443. The van der Waals surface area contributed by atoms with Gasteiger partial charge in [0.25, 0.3) is 0 Å². The molecule has 2 aromatic carbocycles. The van der Waals surface area contributed by atoms with Gasteiger partial charge in [0.15, 0.2) is 11.5 Å². The highest BCUT2D eigenvalue weighted by atomic mass is 32.1. The zero-order valence-corrected chi connectivity index (χ0v) is 18.2. The highest BCUT2D eigenvalue weighted by molar-refractivity contribution is 7.19. The smallest absolute Gasteiger partial charge is 0.241 e. The first-order valence-electron chi connectivity index (χ1n) is 9.41. The van der Waals surface area contributed by atoms with Gasteiger partial charge in [-0.1, -0.05) is 23.4 Å². The number of ether oxygens (including phenoxy) is 3. The minimum absolute atomic E-state index is 0.443. The number of rotatable bonds is 8. The predicted molar refractivity (Wildman–Crippen MR) is 116 cm³/mol. The second-order valence-electron chi connectivity index (χ2n) is 6.82. The molecule has 8 heteroatoms. The van der Waals surface area contributed by atoms with Crippen molar-refractivity contribution in [3.63, 3.8) is 0 Å². The Hall–Kier alpha value is -3.10. The Balaban J connectivity index is 1.51. The third-order valence-electron chi connectivity index (χ3n) is 4.72. The summed E-state index contributed by atoms with van der Waals surface area (Å²) in [6.07, 6.45) is 0. The third kappa shape index (κ3) is 3.96. The van der Waals surface area contributed by atoms with Crippen LogP contribution in [0.1, 0.15) is 10.8 Å². The average molecular weight is 426 g/mol. The van der Waals surface area contributed by atoms with Gasteiger partial charge < -0.3 is 18.7 Å². The van der Waals surface area contributed by atoms with Crippen molar-refractivity contribution < 1.29 is 18.7 Å². The molecule has 0 spiro atoms. The fourth-order valence-corrected chi connectivity index (χ4v) is 4.52. The summed E-state index contributed by atoms with van der Waals surface area (Å²) < 4.78 is 23.1. The molecule has 0 saturated heterocycles. The van der Waals surface area contributed by atoms with Crippen molar-refractivity contribution in [2.45, 2.75) is 13.1 Å². The van der Waals surface area contributed by atoms with Gasteiger partial charge in [0.2, 0.25) is 17.5 Å². The Morgan fingerprint density at radius 2 is 1.77 bits per heavy atom. The second-order valence-corrected chi connectivity index (χ2v) is 7.98. The summed E-state index contributed by atoms with van der Waals surface area (Å²) in [7, 11) is 6.75. The van der Waals surface area contributed by atoms with E-state index < -0.39 is 0 Å². The van der Waals surface area contributed by atoms with E-state index in [1.165, 1.54) is 15.0 Å². The maximum absolute atomic E-state index is 5.53. The molecule has 0 fully saturated rings. The quantitative estimate of drug-likeness (QED) is 0.408. The molecule has 0 radical (unpaired) electrons. The van der Waals surface area contributed by atoms with Gasteiger partial charge in [-0.05, 0) is 36.7 Å². The molecule has 0 aliphatic heterocycles. The Kier molecular flexibility index (Phi) is 5.87. The number of thiophene rings is 1. The van der Waals surface area contributed by atoms with Crippen molar-refractivity contribution in [2.75, 3.05) is 28.4 Å². The molecular weight excluding hydrogens is 402 g/mol. The molecule has 2 aromatic heterocycles.